The lowest BCUT2D eigenvalue weighted by atomic mass is 9.69. The molecule has 1 saturated heterocycles. The van der Waals surface area contributed by atoms with E-state index in [1.54, 1.807) is 0 Å². The molecule has 0 radical (unpaired) electrons. The first-order valence-electron chi connectivity index (χ1n) is 13.7. The summed E-state index contributed by atoms with van der Waals surface area (Å²) in [6.07, 6.45) is 8.68. The minimum absolute atomic E-state index is 0.00176. The van der Waals surface area contributed by atoms with Crippen molar-refractivity contribution in [1.82, 2.24) is 0 Å². The van der Waals surface area contributed by atoms with E-state index in [0.29, 0.717) is 32.0 Å². The number of rotatable bonds is 10. The van der Waals surface area contributed by atoms with Crippen LogP contribution in [0.2, 0.25) is 0 Å². The van der Waals surface area contributed by atoms with E-state index in [4.69, 9.17) is 9.47 Å². The van der Waals surface area contributed by atoms with Crippen molar-refractivity contribution in [3.63, 3.8) is 0 Å². The van der Waals surface area contributed by atoms with Gasteiger partial charge in [0.2, 0.25) is 0 Å². The molecule has 3 aliphatic rings. The third-order valence-electron chi connectivity index (χ3n) is 8.68. The number of hydrogen-bond acceptors (Lipinski definition) is 4. The van der Waals surface area contributed by atoms with Crippen molar-refractivity contribution in [2.45, 2.75) is 88.8 Å². The van der Waals surface area contributed by atoms with Gasteiger partial charge in [-0.2, -0.15) is 0 Å². The molecule has 1 aliphatic carbocycles. The maximum atomic E-state index is 13.0. The number of ketones is 1. The van der Waals surface area contributed by atoms with Gasteiger partial charge in [0.1, 0.15) is 17.1 Å². The fourth-order valence-electron chi connectivity index (χ4n) is 6.28. The van der Waals surface area contributed by atoms with Crippen molar-refractivity contribution in [2.75, 3.05) is 13.2 Å². The maximum Gasteiger partial charge on any atom is 0.138 e. The van der Waals surface area contributed by atoms with Gasteiger partial charge in [-0.1, -0.05) is 49.4 Å². The second-order valence-electron chi connectivity index (χ2n) is 11.1. The predicted octanol–water partition coefficient (Wildman–Crippen LogP) is 6.03. The van der Waals surface area contributed by atoms with E-state index in [-0.39, 0.29) is 23.2 Å². The zero-order valence-electron chi connectivity index (χ0n) is 21.1. The lowest BCUT2D eigenvalue weighted by Gasteiger charge is -2.48. The third-order valence-corrected chi connectivity index (χ3v) is 8.68. The van der Waals surface area contributed by atoms with E-state index in [1.165, 1.54) is 23.1 Å². The number of aliphatic hydroxyl groups is 1. The SMILES string of the molecule is CCc1ccc2c(c1)[C@@H](CC[C@@H](O)[C@@H](CC(=O)C1CCOC1)Cc1ccccc1)CC1(CCC1)O2. The average molecular weight is 477 g/mol. The Kier molecular flexibility index (Phi) is 7.59. The first-order chi connectivity index (χ1) is 17.0. The van der Waals surface area contributed by atoms with Crippen LogP contribution in [0.25, 0.3) is 0 Å². The molecule has 0 amide bonds. The van der Waals surface area contributed by atoms with Crippen molar-refractivity contribution >= 4 is 5.78 Å². The summed E-state index contributed by atoms with van der Waals surface area (Å²) in [7, 11) is 0. The molecule has 2 aromatic rings. The highest BCUT2D eigenvalue weighted by molar-refractivity contribution is 5.81. The Morgan fingerprint density at radius 3 is 2.66 bits per heavy atom. The van der Waals surface area contributed by atoms with Gasteiger partial charge in [-0.25, -0.2) is 0 Å². The van der Waals surface area contributed by atoms with Crippen LogP contribution in [0.1, 0.15) is 80.9 Å². The normalized spacial score (nSPS) is 24.3. The molecule has 2 fully saturated rings. The number of benzene rings is 2. The van der Waals surface area contributed by atoms with E-state index in [0.717, 1.165) is 50.7 Å². The van der Waals surface area contributed by atoms with Crippen LogP contribution in [0, 0.1) is 11.8 Å². The monoisotopic (exact) mass is 476 g/mol. The summed E-state index contributed by atoms with van der Waals surface area (Å²) in [6, 6.07) is 17.0. The van der Waals surface area contributed by atoms with Crippen molar-refractivity contribution in [1.29, 1.82) is 0 Å². The van der Waals surface area contributed by atoms with Crippen LogP contribution in [0.15, 0.2) is 48.5 Å². The Morgan fingerprint density at radius 1 is 1.14 bits per heavy atom. The smallest absolute Gasteiger partial charge is 0.138 e. The Balaban J connectivity index is 1.30. The Morgan fingerprint density at radius 2 is 1.97 bits per heavy atom. The Hall–Kier alpha value is -2.17. The molecule has 2 aliphatic heterocycles. The van der Waals surface area contributed by atoms with Crippen molar-refractivity contribution < 1.29 is 19.4 Å². The highest BCUT2D eigenvalue weighted by Crippen LogP contribution is 2.51. The molecule has 0 bridgehead atoms. The third kappa shape index (κ3) is 5.65. The molecule has 4 atom stereocenters. The molecule has 4 nitrogen and oxygen atoms in total. The highest BCUT2D eigenvalue weighted by Gasteiger charge is 2.45. The minimum atomic E-state index is -0.500. The van der Waals surface area contributed by atoms with Gasteiger partial charge < -0.3 is 14.6 Å². The van der Waals surface area contributed by atoms with Gasteiger partial charge in [0, 0.05) is 18.9 Å². The number of aryl methyl sites for hydroxylation is 1. The van der Waals surface area contributed by atoms with Crippen LogP contribution in [-0.2, 0) is 22.4 Å². The number of hydrogen-bond donors (Lipinski definition) is 1. The van der Waals surface area contributed by atoms with Crippen molar-refractivity contribution in [3.05, 3.63) is 65.2 Å². The summed E-state index contributed by atoms with van der Waals surface area (Å²) in [5.74, 6) is 1.62. The van der Waals surface area contributed by atoms with Gasteiger partial charge in [-0.3, -0.25) is 4.79 Å². The van der Waals surface area contributed by atoms with Gasteiger partial charge in [-0.15, -0.1) is 0 Å². The summed E-state index contributed by atoms with van der Waals surface area (Å²) in [5, 5.41) is 11.4. The summed E-state index contributed by atoms with van der Waals surface area (Å²) in [6.45, 7) is 3.40. The molecule has 5 rings (SSSR count). The second kappa shape index (κ2) is 10.8. The highest BCUT2D eigenvalue weighted by atomic mass is 16.5. The lowest BCUT2D eigenvalue weighted by molar-refractivity contribution is -0.124. The standard InChI is InChI=1S/C31H40O4/c1-2-22-9-12-30-27(18-22)24(20-31(35-30)14-6-15-31)10-11-28(32)26(17-23-7-4-3-5-8-23)19-29(33)25-13-16-34-21-25/h3-5,7-9,12,18,24-26,28,32H,2,6,10-11,13-17,19-21H2,1H3/t24-,25?,26+,28+/m0/s1. The molecule has 1 spiro atoms. The van der Waals surface area contributed by atoms with Crippen LogP contribution in [0.5, 0.6) is 5.75 Å². The zero-order valence-corrected chi connectivity index (χ0v) is 21.1. The topological polar surface area (TPSA) is 55.8 Å². The zero-order chi connectivity index (χ0) is 24.3. The molecular formula is C31H40O4. The first kappa shape index (κ1) is 24.5. The average Bonchev–Trinajstić information content (AvgIpc) is 3.41. The van der Waals surface area contributed by atoms with Crippen molar-refractivity contribution in [2.24, 2.45) is 11.8 Å². The van der Waals surface area contributed by atoms with Crippen LogP contribution in [-0.4, -0.2) is 35.8 Å². The second-order valence-corrected chi connectivity index (χ2v) is 11.1. The van der Waals surface area contributed by atoms with Crippen LogP contribution in [0.3, 0.4) is 0 Å². The molecule has 1 unspecified atom stereocenters. The minimum Gasteiger partial charge on any atom is -0.487 e. The molecule has 188 valence electrons. The largest absolute Gasteiger partial charge is 0.487 e. The number of aliphatic hydroxyl groups excluding tert-OH is 1. The van der Waals surface area contributed by atoms with Crippen molar-refractivity contribution in [3.8, 4) is 5.75 Å². The maximum absolute atomic E-state index is 13.0. The van der Waals surface area contributed by atoms with Crippen LogP contribution in [0.4, 0.5) is 0 Å². The molecular weight excluding hydrogens is 436 g/mol. The molecule has 0 aromatic heterocycles. The van der Waals surface area contributed by atoms with E-state index in [9.17, 15) is 9.90 Å². The van der Waals surface area contributed by atoms with E-state index >= 15 is 0 Å². The summed E-state index contributed by atoms with van der Waals surface area (Å²) in [4.78, 5) is 13.0. The Labute approximate surface area is 210 Å². The van der Waals surface area contributed by atoms with E-state index < -0.39 is 6.10 Å². The van der Waals surface area contributed by atoms with E-state index in [2.05, 4.69) is 37.3 Å². The van der Waals surface area contributed by atoms with Crippen LogP contribution >= 0.6 is 0 Å². The summed E-state index contributed by atoms with van der Waals surface area (Å²) >= 11 is 0. The number of carbonyl (C=O) groups is 1. The fraction of sp³-hybridized carbons (Fsp3) is 0.581. The lowest BCUT2D eigenvalue weighted by Crippen LogP contribution is -2.47. The van der Waals surface area contributed by atoms with Gasteiger partial charge in [0.25, 0.3) is 0 Å². The van der Waals surface area contributed by atoms with Gasteiger partial charge >= 0.3 is 0 Å². The summed E-state index contributed by atoms with van der Waals surface area (Å²) < 4.78 is 12.0. The van der Waals surface area contributed by atoms with Gasteiger partial charge in [-0.05, 0) is 92.4 Å². The van der Waals surface area contributed by atoms with Gasteiger partial charge in [0.05, 0.1) is 12.7 Å². The number of ether oxygens (including phenoxy) is 2. The Bertz CT molecular complexity index is 990. The number of fused-ring (bicyclic) bond motifs is 1. The van der Waals surface area contributed by atoms with Crippen LogP contribution < -0.4 is 4.74 Å². The molecule has 2 aromatic carbocycles. The quantitative estimate of drug-likeness (QED) is 0.455. The van der Waals surface area contributed by atoms with Gasteiger partial charge in [0.15, 0.2) is 0 Å². The number of Topliss-reactive ketones (excluding diaryl/α,β-unsaturated/α-hetero) is 1. The molecule has 2 heterocycles. The summed E-state index contributed by atoms with van der Waals surface area (Å²) in [5.41, 5.74) is 3.84. The number of carbonyl (C=O) groups excluding carboxylic acids is 1. The first-order valence-corrected chi connectivity index (χ1v) is 13.7. The van der Waals surface area contributed by atoms with E-state index in [1.807, 2.05) is 18.2 Å². The molecule has 35 heavy (non-hydrogen) atoms. The molecule has 1 saturated carbocycles. The fourth-order valence-corrected chi connectivity index (χ4v) is 6.28. The molecule has 1 N–H and O–H groups in total. The predicted molar refractivity (Wildman–Crippen MR) is 138 cm³/mol. The molecule has 4 heteroatoms.